The predicted molar refractivity (Wildman–Crippen MR) is 77.8 cm³/mol. The van der Waals surface area contributed by atoms with Gasteiger partial charge in [0.25, 0.3) is 0 Å². The lowest BCUT2D eigenvalue weighted by Gasteiger charge is -2.40. The number of urea groups is 1. The van der Waals surface area contributed by atoms with Gasteiger partial charge in [-0.15, -0.1) is 0 Å². The van der Waals surface area contributed by atoms with Crippen LogP contribution < -0.4 is 10.6 Å². The minimum absolute atomic E-state index is 0.172. The third-order valence-corrected chi connectivity index (χ3v) is 4.27. The van der Waals surface area contributed by atoms with Gasteiger partial charge in [-0.1, -0.05) is 0 Å². The van der Waals surface area contributed by atoms with Gasteiger partial charge in [0.05, 0.1) is 6.54 Å². The van der Waals surface area contributed by atoms with Crippen molar-refractivity contribution < 1.29 is 22.8 Å². The third kappa shape index (κ3) is 5.26. The van der Waals surface area contributed by atoms with Crippen molar-refractivity contribution in [2.24, 2.45) is 0 Å². The Bertz CT molecular complexity index is 444. The van der Waals surface area contributed by atoms with Crippen LogP contribution in [0.4, 0.5) is 18.0 Å². The molecule has 2 aliphatic rings. The smallest absolute Gasteiger partial charge is 0.354 e. The molecule has 2 N–H and O–H groups in total. The van der Waals surface area contributed by atoms with E-state index in [2.05, 4.69) is 10.6 Å². The van der Waals surface area contributed by atoms with Gasteiger partial charge in [-0.2, -0.15) is 13.2 Å². The highest BCUT2D eigenvalue weighted by Crippen LogP contribution is 2.20. The highest BCUT2D eigenvalue weighted by molar-refractivity contribution is 5.87. The van der Waals surface area contributed by atoms with Gasteiger partial charge in [0.2, 0.25) is 5.91 Å². The summed E-state index contributed by atoms with van der Waals surface area (Å²) in [5.41, 5.74) is 0. The Kier molecular flexibility index (Phi) is 5.72. The molecule has 2 aliphatic heterocycles. The first-order valence-electron chi connectivity index (χ1n) is 7.90. The number of rotatable bonds is 2. The molecule has 2 heterocycles. The first-order chi connectivity index (χ1) is 10.8. The molecule has 9 heteroatoms. The molecular formula is C14H23F3N4O2. The predicted octanol–water partition coefficient (Wildman–Crippen LogP) is 0.933. The fraction of sp³-hybridized carbons (Fsp3) is 0.857. The average Bonchev–Trinajstić information content (AvgIpc) is 2.65. The number of amides is 3. The quantitative estimate of drug-likeness (QED) is 0.789. The summed E-state index contributed by atoms with van der Waals surface area (Å²) in [5, 5.41) is 5.44. The van der Waals surface area contributed by atoms with Gasteiger partial charge >= 0.3 is 12.2 Å². The maximum Gasteiger partial charge on any atom is 0.401 e. The summed E-state index contributed by atoms with van der Waals surface area (Å²) in [4.78, 5) is 26.9. The lowest BCUT2D eigenvalue weighted by molar-refractivity contribution is -0.153. The van der Waals surface area contributed by atoms with E-state index in [4.69, 9.17) is 0 Å². The minimum Gasteiger partial charge on any atom is -0.354 e. The molecule has 6 nitrogen and oxygen atoms in total. The lowest BCUT2D eigenvalue weighted by atomic mass is 10.1. The summed E-state index contributed by atoms with van der Waals surface area (Å²) >= 11 is 0. The molecule has 0 aliphatic carbocycles. The summed E-state index contributed by atoms with van der Waals surface area (Å²) < 4.78 is 37.4. The second-order valence-electron chi connectivity index (χ2n) is 6.17. The van der Waals surface area contributed by atoms with Crippen LogP contribution in [0.1, 0.15) is 26.2 Å². The molecule has 2 atom stereocenters. The average molecular weight is 336 g/mol. The largest absolute Gasteiger partial charge is 0.401 e. The van der Waals surface area contributed by atoms with Crippen LogP contribution >= 0.6 is 0 Å². The van der Waals surface area contributed by atoms with E-state index in [9.17, 15) is 22.8 Å². The van der Waals surface area contributed by atoms with Crippen molar-refractivity contribution in [1.82, 2.24) is 20.4 Å². The van der Waals surface area contributed by atoms with Crippen LogP contribution in [0.3, 0.4) is 0 Å². The normalized spacial score (nSPS) is 27.3. The highest BCUT2D eigenvalue weighted by Gasteiger charge is 2.36. The van der Waals surface area contributed by atoms with Crippen molar-refractivity contribution in [2.75, 3.05) is 32.7 Å². The summed E-state index contributed by atoms with van der Waals surface area (Å²) in [7, 11) is 0. The van der Waals surface area contributed by atoms with Crippen molar-refractivity contribution in [1.29, 1.82) is 0 Å². The Hall–Kier alpha value is -1.51. The van der Waals surface area contributed by atoms with Gasteiger partial charge in [0.15, 0.2) is 0 Å². The van der Waals surface area contributed by atoms with Crippen LogP contribution in [0.15, 0.2) is 0 Å². The van der Waals surface area contributed by atoms with Crippen molar-refractivity contribution in [2.45, 2.75) is 44.4 Å². The fourth-order valence-corrected chi connectivity index (χ4v) is 2.96. The van der Waals surface area contributed by atoms with E-state index in [1.54, 1.807) is 6.92 Å². The Labute approximate surface area is 133 Å². The molecular weight excluding hydrogens is 313 g/mol. The second kappa shape index (κ2) is 7.37. The van der Waals surface area contributed by atoms with Crippen molar-refractivity contribution in [3.8, 4) is 0 Å². The zero-order valence-electron chi connectivity index (χ0n) is 13.2. The fourth-order valence-electron chi connectivity index (χ4n) is 2.96. The second-order valence-corrected chi connectivity index (χ2v) is 6.17. The van der Waals surface area contributed by atoms with Gasteiger partial charge in [-0.25, -0.2) is 4.79 Å². The number of carbonyl (C=O) groups is 2. The molecule has 0 radical (unpaired) electrons. The number of hydrogen-bond donors (Lipinski definition) is 2. The molecule has 2 rings (SSSR count). The molecule has 0 unspecified atom stereocenters. The molecule has 0 bridgehead atoms. The standard InChI is InChI=1S/C14H23F3N4O2/c1-10-8-20(6-7-21(10)9-14(15,16)17)13(23)19-11-4-2-3-5-18-12(11)22/h10-11H,2-9H2,1H3,(H,18,22)(H,19,23)/t10-,11+/m1/s1. The number of carbonyl (C=O) groups excluding carboxylic acids is 2. The first kappa shape index (κ1) is 17.8. The lowest BCUT2D eigenvalue weighted by Crippen LogP contribution is -2.59. The Balaban J connectivity index is 1.85. The Morgan fingerprint density at radius 1 is 1.35 bits per heavy atom. The topological polar surface area (TPSA) is 64.7 Å². The number of halogens is 3. The molecule has 0 spiro atoms. The van der Waals surface area contributed by atoms with Crippen molar-refractivity contribution in [3.05, 3.63) is 0 Å². The van der Waals surface area contributed by atoms with Gasteiger partial charge < -0.3 is 15.5 Å². The summed E-state index contributed by atoms with van der Waals surface area (Å²) in [6.07, 6.45) is -1.93. The highest BCUT2D eigenvalue weighted by atomic mass is 19.4. The summed E-state index contributed by atoms with van der Waals surface area (Å²) in [6.45, 7) is 1.93. The SMILES string of the molecule is C[C@@H]1CN(C(=O)N[C@H]2CCCCNC2=O)CCN1CC(F)(F)F. The molecule has 2 saturated heterocycles. The molecule has 3 amide bonds. The van der Waals surface area contributed by atoms with Crippen LogP contribution in [0.2, 0.25) is 0 Å². The molecule has 0 aromatic rings. The number of nitrogens with zero attached hydrogens (tertiary/aromatic N) is 2. The number of piperazine rings is 1. The summed E-state index contributed by atoms with van der Waals surface area (Å²) in [6, 6.07) is -1.32. The molecule has 0 aromatic heterocycles. The van der Waals surface area contributed by atoms with Gasteiger partial charge in [0.1, 0.15) is 6.04 Å². The molecule has 23 heavy (non-hydrogen) atoms. The maximum absolute atomic E-state index is 12.5. The van der Waals surface area contributed by atoms with E-state index in [-0.39, 0.29) is 37.6 Å². The van der Waals surface area contributed by atoms with Crippen LogP contribution in [0.25, 0.3) is 0 Å². The minimum atomic E-state index is -4.24. The monoisotopic (exact) mass is 336 g/mol. The number of alkyl halides is 3. The van der Waals surface area contributed by atoms with Gasteiger partial charge in [-0.05, 0) is 26.2 Å². The van der Waals surface area contributed by atoms with Gasteiger partial charge in [0, 0.05) is 32.2 Å². The zero-order valence-corrected chi connectivity index (χ0v) is 13.2. The Morgan fingerprint density at radius 3 is 2.74 bits per heavy atom. The zero-order chi connectivity index (χ0) is 17.0. The van der Waals surface area contributed by atoms with E-state index >= 15 is 0 Å². The van der Waals surface area contributed by atoms with Crippen LogP contribution in [0, 0.1) is 0 Å². The van der Waals surface area contributed by atoms with E-state index in [0.29, 0.717) is 13.0 Å². The van der Waals surface area contributed by atoms with Crippen LogP contribution in [-0.2, 0) is 4.79 Å². The van der Waals surface area contributed by atoms with E-state index in [1.165, 1.54) is 9.80 Å². The van der Waals surface area contributed by atoms with E-state index < -0.39 is 18.8 Å². The first-order valence-corrected chi connectivity index (χ1v) is 7.90. The number of nitrogens with one attached hydrogen (secondary N) is 2. The van der Waals surface area contributed by atoms with Crippen molar-refractivity contribution >= 4 is 11.9 Å². The van der Waals surface area contributed by atoms with E-state index in [1.807, 2.05) is 0 Å². The summed E-state index contributed by atoms with van der Waals surface area (Å²) in [5.74, 6) is -0.195. The Morgan fingerprint density at radius 2 is 2.09 bits per heavy atom. The number of hydrogen-bond acceptors (Lipinski definition) is 3. The third-order valence-electron chi connectivity index (χ3n) is 4.27. The molecule has 2 fully saturated rings. The molecule has 132 valence electrons. The van der Waals surface area contributed by atoms with Gasteiger partial charge in [-0.3, -0.25) is 9.69 Å². The van der Waals surface area contributed by atoms with Crippen LogP contribution in [0.5, 0.6) is 0 Å². The maximum atomic E-state index is 12.5. The van der Waals surface area contributed by atoms with Crippen LogP contribution in [-0.4, -0.2) is 72.7 Å². The molecule has 0 saturated carbocycles. The molecule has 0 aromatic carbocycles. The van der Waals surface area contributed by atoms with Crippen molar-refractivity contribution in [3.63, 3.8) is 0 Å². The van der Waals surface area contributed by atoms with E-state index in [0.717, 1.165) is 12.8 Å².